The summed E-state index contributed by atoms with van der Waals surface area (Å²) < 4.78 is 5.08. The number of rotatable bonds is 6. The second-order valence-corrected chi connectivity index (χ2v) is 6.92. The number of hydrogen-bond donors (Lipinski definition) is 1. The maximum atomic E-state index is 12.8. The zero-order valence-electron chi connectivity index (χ0n) is 16.3. The standard InChI is InChI=1S/C22H24N2O4/c1-14-7-8-16(12-15(14)2)20(25)18-19(17-6-4-9-23-13-17)24(10-5-11-28-3)22(27)21(18)26/h4,6-9,12-13,19,25H,5,10-11H2,1-3H3/b20-18-. The SMILES string of the molecule is COCCCN1C(=O)C(=O)/C(=C(\O)c2ccc(C)c(C)c2)C1c1cccnc1. The lowest BCUT2D eigenvalue weighted by atomic mass is 9.95. The molecule has 0 aliphatic carbocycles. The molecule has 1 fully saturated rings. The van der Waals surface area contributed by atoms with Crippen LogP contribution in [0.15, 0.2) is 48.3 Å². The number of amides is 1. The number of benzene rings is 1. The van der Waals surface area contributed by atoms with E-state index in [-0.39, 0.29) is 11.3 Å². The normalized spacial score (nSPS) is 18.7. The first-order valence-electron chi connectivity index (χ1n) is 9.20. The number of carbonyl (C=O) groups excluding carboxylic acids is 2. The van der Waals surface area contributed by atoms with Crippen LogP contribution in [-0.2, 0) is 14.3 Å². The quantitative estimate of drug-likeness (QED) is 0.360. The molecule has 1 atom stereocenters. The Morgan fingerprint density at radius 2 is 2.00 bits per heavy atom. The van der Waals surface area contributed by atoms with Crippen molar-refractivity contribution in [2.75, 3.05) is 20.3 Å². The summed E-state index contributed by atoms with van der Waals surface area (Å²) in [6.07, 6.45) is 3.83. The minimum atomic E-state index is -0.679. The van der Waals surface area contributed by atoms with Gasteiger partial charge in [0, 0.05) is 38.2 Å². The molecule has 1 aliphatic heterocycles. The van der Waals surface area contributed by atoms with Crippen LogP contribution in [0.3, 0.4) is 0 Å². The largest absolute Gasteiger partial charge is 0.507 e. The summed E-state index contributed by atoms with van der Waals surface area (Å²) in [6.45, 7) is 4.74. The summed E-state index contributed by atoms with van der Waals surface area (Å²) >= 11 is 0. The lowest BCUT2D eigenvalue weighted by molar-refractivity contribution is -0.140. The van der Waals surface area contributed by atoms with E-state index in [1.807, 2.05) is 26.0 Å². The molecule has 2 aromatic rings. The average molecular weight is 380 g/mol. The zero-order valence-corrected chi connectivity index (χ0v) is 16.3. The van der Waals surface area contributed by atoms with Crippen LogP contribution in [-0.4, -0.2) is 46.9 Å². The number of ether oxygens (including phenoxy) is 1. The van der Waals surface area contributed by atoms with Gasteiger partial charge in [-0.2, -0.15) is 0 Å². The van der Waals surface area contributed by atoms with Gasteiger partial charge in [0.2, 0.25) is 0 Å². The van der Waals surface area contributed by atoms with E-state index in [9.17, 15) is 14.7 Å². The van der Waals surface area contributed by atoms with Gasteiger partial charge in [0.1, 0.15) is 5.76 Å². The van der Waals surface area contributed by atoms with Gasteiger partial charge in [-0.25, -0.2) is 0 Å². The molecule has 2 heterocycles. The van der Waals surface area contributed by atoms with Gasteiger partial charge in [-0.1, -0.05) is 18.2 Å². The molecule has 3 rings (SSSR count). The van der Waals surface area contributed by atoms with E-state index in [0.29, 0.717) is 30.7 Å². The number of methoxy groups -OCH3 is 1. The van der Waals surface area contributed by atoms with E-state index in [1.54, 1.807) is 37.7 Å². The fraction of sp³-hybridized carbons (Fsp3) is 0.318. The molecule has 1 amide bonds. The number of hydrogen-bond acceptors (Lipinski definition) is 5. The number of aryl methyl sites for hydroxylation is 2. The van der Waals surface area contributed by atoms with Gasteiger partial charge in [-0.15, -0.1) is 0 Å². The number of Topliss-reactive ketones (excluding diaryl/α,β-unsaturated/α-hetero) is 1. The fourth-order valence-corrected chi connectivity index (χ4v) is 3.42. The van der Waals surface area contributed by atoms with Crippen LogP contribution in [0.5, 0.6) is 0 Å². The average Bonchev–Trinajstić information content (AvgIpc) is 2.95. The van der Waals surface area contributed by atoms with E-state index in [1.165, 1.54) is 4.90 Å². The minimum absolute atomic E-state index is 0.0960. The van der Waals surface area contributed by atoms with E-state index in [0.717, 1.165) is 11.1 Å². The van der Waals surface area contributed by atoms with Crippen molar-refractivity contribution < 1.29 is 19.4 Å². The molecule has 1 N–H and O–H groups in total. The number of carbonyl (C=O) groups is 2. The lowest BCUT2D eigenvalue weighted by Crippen LogP contribution is -2.31. The van der Waals surface area contributed by atoms with Crippen molar-refractivity contribution in [3.05, 3.63) is 70.6 Å². The molecular weight excluding hydrogens is 356 g/mol. The Morgan fingerprint density at radius 1 is 1.21 bits per heavy atom. The van der Waals surface area contributed by atoms with Crippen LogP contribution < -0.4 is 0 Å². The van der Waals surface area contributed by atoms with E-state index >= 15 is 0 Å². The Bertz CT molecular complexity index is 921. The van der Waals surface area contributed by atoms with Crippen LogP contribution in [0.2, 0.25) is 0 Å². The van der Waals surface area contributed by atoms with Crippen LogP contribution >= 0.6 is 0 Å². The first-order valence-corrected chi connectivity index (χ1v) is 9.20. The van der Waals surface area contributed by atoms with Crippen molar-refractivity contribution >= 4 is 17.4 Å². The Labute approximate surface area is 164 Å². The molecule has 1 aromatic heterocycles. The number of ketones is 1. The van der Waals surface area contributed by atoms with Gasteiger partial charge in [0.15, 0.2) is 0 Å². The number of nitrogens with zero attached hydrogens (tertiary/aromatic N) is 2. The van der Waals surface area contributed by atoms with Gasteiger partial charge >= 0.3 is 0 Å². The number of pyridine rings is 1. The maximum absolute atomic E-state index is 12.8. The van der Waals surface area contributed by atoms with Crippen molar-refractivity contribution in [2.24, 2.45) is 0 Å². The lowest BCUT2D eigenvalue weighted by Gasteiger charge is -2.25. The number of aliphatic hydroxyl groups is 1. The van der Waals surface area contributed by atoms with E-state index in [4.69, 9.17) is 4.74 Å². The monoisotopic (exact) mass is 380 g/mol. The molecule has 0 saturated carbocycles. The molecule has 0 radical (unpaired) electrons. The Hall–Kier alpha value is -2.99. The predicted molar refractivity (Wildman–Crippen MR) is 106 cm³/mol. The number of likely N-dealkylation sites (tertiary alicyclic amines) is 1. The maximum Gasteiger partial charge on any atom is 0.295 e. The van der Waals surface area contributed by atoms with Crippen LogP contribution in [0.1, 0.15) is 34.7 Å². The summed E-state index contributed by atoms with van der Waals surface area (Å²) in [5.74, 6) is -1.46. The Balaban J connectivity index is 2.12. The molecule has 0 bridgehead atoms. The van der Waals surface area contributed by atoms with Crippen molar-refractivity contribution in [1.82, 2.24) is 9.88 Å². The molecule has 1 unspecified atom stereocenters. The highest BCUT2D eigenvalue weighted by molar-refractivity contribution is 6.46. The van der Waals surface area contributed by atoms with Crippen molar-refractivity contribution in [1.29, 1.82) is 0 Å². The van der Waals surface area contributed by atoms with Crippen molar-refractivity contribution in [3.63, 3.8) is 0 Å². The highest BCUT2D eigenvalue weighted by Crippen LogP contribution is 2.39. The van der Waals surface area contributed by atoms with Gasteiger partial charge in [-0.05, 0) is 49.1 Å². The zero-order chi connectivity index (χ0) is 20.3. The topological polar surface area (TPSA) is 79.7 Å². The summed E-state index contributed by atoms with van der Waals surface area (Å²) in [7, 11) is 1.59. The molecule has 1 saturated heterocycles. The molecule has 6 nitrogen and oxygen atoms in total. The van der Waals surface area contributed by atoms with Crippen molar-refractivity contribution in [2.45, 2.75) is 26.3 Å². The third kappa shape index (κ3) is 3.68. The second kappa shape index (κ2) is 8.35. The second-order valence-electron chi connectivity index (χ2n) is 6.92. The molecule has 28 heavy (non-hydrogen) atoms. The Kier molecular flexibility index (Phi) is 5.90. The third-order valence-electron chi connectivity index (χ3n) is 5.07. The van der Waals surface area contributed by atoms with Gasteiger partial charge < -0.3 is 14.7 Å². The molecule has 0 spiro atoms. The molecule has 1 aromatic carbocycles. The predicted octanol–water partition coefficient (Wildman–Crippen LogP) is 3.16. The smallest absolute Gasteiger partial charge is 0.295 e. The highest BCUT2D eigenvalue weighted by atomic mass is 16.5. The molecule has 6 heteroatoms. The number of aliphatic hydroxyl groups excluding tert-OH is 1. The third-order valence-corrected chi connectivity index (χ3v) is 5.07. The minimum Gasteiger partial charge on any atom is -0.507 e. The van der Waals surface area contributed by atoms with Crippen LogP contribution in [0.25, 0.3) is 5.76 Å². The van der Waals surface area contributed by atoms with Gasteiger partial charge in [0.05, 0.1) is 11.6 Å². The Morgan fingerprint density at radius 3 is 2.64 bits per heavy atom. The first kappa shape index (κ1) is 19.8. The van der Waals surface area contributed by atoms with Crippen LogP contribution in [0.4, 0.5) is 0 Å². The fourth-order valence-electron chi connectivity index (χ4n) is 3.42. The summed E-state index contributed by atoms with van der Waals surface area (Å²) in [5, 5.41) is 11.0. The molecular formula is C22H24N2O4. The van der Waals surface area contributed by atoms with Crippen molar-refractivity contribution in [3.8, 4) is 0 Å². The number of aromatic nitrogens is 1. The summed E-state index contributed by atoms with van der Waals surface area (Å²) in [6, 6.07) is 8.35. The first-order chi connectivity index (χ1) is 13.5. The van der Waals surface area contributed by atoms with Crippen LogP contribution in [0, 0.1) is 13.8 Å². The van der Waals surface area contributed by atoms with Gasteiger partial charge in [-0.3, -0.25) is 14.6 Å². The summed E-state index contributed by atoms with van der Waals surface area (Å²) in [4.78, 5) is 31.2. The molecule has 146 valence electrons. The van der Waals surface area contributed by atoms with Gasteiger partial charge in [0.25, 0.3) is 11.7 Å². The van der Waals surface area contributed by atoms with E-state index < -0.39 is 17.7 Å². The van der Waals surface area contributed by atoms with E-state index in [2.05, 4.69) is 4.98 Å². The molecule has 1 aliphatic rings. The summed E-state index contributed by atoms with van der Waals surface area (Å²) in [5.41, 5.74) is 3.38. The highest BCUT2D eigenvalue weighted by Gasteiger charge is 2.45.